The molecule has 1 saturated carbocycles. The van der Waals surface area contributed by atoms with Gasteiger partial charge in [0.1, 0.15) is 0 Å². The van der Waals surface area contributed by atoms with Crippen LogP contribution in [0.4, 0.5) is 4.39 Å². The number of hydrogen-bond donors (Lipinski definition) is 1. The van der Waals surface area contributed by atoms with E-state index < -0.39 is 6.67 Å². The number of aliphatic hydroxyl groups excluding tert-OH is 1. The Morgan fingerprint density at radius 1 is 1.33 bits per heavy atom. The molecule has 1 rings (SSSR count). The quantitative estimate of drug-likeness (QED) is 0.563. The zero-order valence-electron chi connectivity index (χ0n) is 9.04. The van der Waals surface area contributed by atoms with Gasteiger partial charge in [0, 0.05) is 18.4 Å². The lowest BCUT2D eigenvalue weighted by Crippen LogP contribution is -2.10. The number of aliphatic hydroxyl groups is 1. The molecule has 2 nitrogen and oxygen atoms in total. The first kappa shape index (κ1) is 12.2. The molecule has 0 bridgehead atoms. The van der Waals surface area contributed by atoms with E-state index in [1.54, 1.807) is 0 Å². The van der Waals surface area contributed by atoms with Crippen molar-refractivity contribution in [1.29, 1.82) is 0 Å². The second-order valence-electron chi connectivity index (χ2n) is 4.16. The molecule has 1 aliphatic rings. The third-order valence-corrected chi connectivity index (χ3v) is 2.89. The average Bonchev–Trinajstić information content (AvgIpc) is 2.27. The van der Waals surface area contributed by atoms with Gasteiger partial charge in [0.05, 0.1) is 12.4 Å². The summed E-state index contributed by atoms with van der Waals surface area (Å²) >= 11 is 0. The van der Waals surface area contributed by atoms with Gasteiger partial charge < -0.3 is 5.11 Å². The Kier molecular flexibility index (Phi) is 5.37. The predicted octanol–water partition coefficient (Wildman–Crippen LogP) is 3.33. The van der Waals surface area contributed by atoms with E-state index in [9.17, 15) is 14.3 Å². The fourth-order valence-electron chi connectivity index (χ4n) is 1.99. The van der Waals surface area contributed by atoms with Crippen LogP contribution >= 0.6 is 0 Å². The molecule has 0 aliphatic heterocycles. The molecule has 0 radical (unpaired) electrons. The van der Waals surface area contributed by atoms with Gasteiger partial charge in [-0.05, 0) is 19.3 Å². The average molecular weight is 214 g/mol. The SMILES string of the molecule is O=C(/C=C(\O)C1CCCCC1)CCCF. The summed E-state index contributed by atoms with van der Waals surface area (Å²) in [5.41, 5.74) is 0. The smallest absolute Gasteiger partial charge is 0.159 e. The maximum Gasteiger partial charge on any atom is 0.159 e. The number of halogens is 1. The number of carbonyl (C=O) groups is 1. The normalized spacial score (nSPS) is 19.1. The van der Waals surface area contributed by atoms with Crippen molar-refractivity contribution in [3.63, 3.8) is 0 Å². The minimum atomic E-state index is -0.468. The van der Waals surface area contributed by atoms with E-state index in [1.807, 2.05) is 0 Å². The van der Waals surface area contributed by atoms with Crippen molar-refractivity contribution < 1.29 is 14.3 Å². The monoisotopic (exact) mass is 214 g/mol. The Morgan fingerprint density at radius 2 is 2.00 bits per heavy atom. The lowest BCUT2D eigenvalue weighted by molar-refractivity contribution is -0.114. The van der Waals surface area contributed by atoms with E-state index in [0.29, 0.717) is 0 Å². The standard InChI is InChI=1S/C12H19FO2/c13-8-4-7-11(14)9-12(15)10-5-2-1-3-6-10/h9-10,15H,1-8H2/b12-9-. The Morgan fingerprint density at radius 3 is 2.60 bits per heavy atom. The van der Waals surface area contributed by atoms with Gasteiger partial charge in [0.15, 0.2) is 5.78 Å². The van der Waals surface area contributed by atoms with Crippen LogP contribution in [0.5, 0.6) is 0 Å². The summed E-state index contributed by atoms with van der Waals surface area (Å²) in [6, 6.07) is 0. The lowest BCUT2D eigenvalue weighted by atomic mass is 9.87. The number of rotatable bonds is 5. The maximum atomic E-state index is 11.8. The van der Waals surface area contributed by atoms with Crippen LogP contribution in [0.25, 0.3) is 0 Å². The first-order valence-corrected chi connectivity index (χ1v) is 5.73. The minimum absolute atomic E-state index is 0.157. The van der Waals surface area contributed by atoms with E-state index in [4.69, 9.17) is 0 Å². The Bertz CT molecular complexity index is 230. The summed E-state index contributed by atoms with van der Waals surface area (Å²) < 4.78 is 11.8. The number of allylic oxidation sites excluding steroid dienone is 2. The molecule has 1 N–H and O–H groups in total. The molecule has 0 aromatic carbocycles. The molecule has 0 unspecified atom stereocenters. The molecular weight excluding hydrogens is 195 g/mol. The fourth-order valence-corrected chi connectivity index (χ4v) is 1.99. The summed E-state index contributed by atoms with van der Waals surface area (Å²) in [4.78, 5) is 11.3. The van der Waals surface area contributed by atoms with Crippen molar-refractivity contribution >= 4 is 5.78 Å². The van der Waals surface area contributed by atoms with E-state index in [0.717, 1.165) is 25.7 Å². The van der Waals surface area contributed by atoms with Crippen molar-refractivity contribution in [2.24, 2.45) is 5.92 Å². The lowest BCUT2D eigenvalue weighted by Gasteiger charge is -2.20. The second-order valence-corrected chi connectivity index (χ2v) is 4.16. The van der Waals surface area contributed by atoms with Gasteiger partial charge >= 0.3 is 0 Å². The summed E-state index contributed by atoms with van der Waals surface area (Å²) in [5, 5.41) is 9.69. The van der Waals surface area contributed by atoms with Crippen LogP contribution in [0.1, 0.15) is 44.9 Å². The molecule has 15 heavy (non-hydrogen) atoms. The third-order valence-electron chi connectivity index (χ3n) is 2.89. The molecule has 1 aliphatic carbocycles. The van der Waals surface area contributed by atoms with Crippen molar-refractivity contribution in [2.75, 3.05) is 6.67 Å². The molecule has 0 aromatic rings. The van der Waals surface area contributed by atoms with E-state index >= 15 is 0 Å². The minimum Gasteiger partial charge on any atom is -0.512 e. The molecular formula is C12H19FO2. The van der Waals surface area contributed by atoms with Gasteiger partial charge in [-0.25, -0.2) is 0 Å². The summed E-state index contributed by atoms with van der Waals surface area (Å²) in [6.45, 7) is -0.468. The molecule has 0 spiro atoms. The zero-order chi connectivity index (χ0) is 11.1. The maximum absolute atomic E-state index is 11.8. The molecule has 86 valence electrons. The third kappa shape index (κ3) is 4.45. The fraction of sp³-hybridized carbons (Fsp3) is 0.750. The van der Waals surface area contributed by atoms with Crippen LogP contribution < -0.4 is 0 Å². The van der Waals surface area contributed by atoms with Gasteiger partial charge in [-0.1, -0.05) is 19.3 Å². The van der Waals surface area contributed by atoms with E-state index in [2.05, 4.69) is 0 Å². The highest BCUT2D eigenvalue weighted by Crippen LogP contribution is 2.28. The molecule has 0 saturated heterocycles. The number of alkyl halides is 1. The molecule has 0 heterocycles. The van der Waals surface area contributed by atoms with Crippen LogP contribution in [0.15, 0.2) is 11.8 Å². The summed E-state index contributed by atoms with van der Waals surface area (Å²) in [7, 11) is 0. The van der Waals surface area contributed by atoms with Gasteiger partial charge in [0.2, 0.25) is 0 Å². The Hall–Kier alpha value is -0.860. The summed E-state index contributed by atoms with van der Waals surface area (Å²) in [6.07, 6.45) is 7.17. The first-order chi connectivity index (χ1) is 7.24. The molecule has 3 heteroatoms. The Balaban J connectivity index is 2.39. The molecule has 0 amide bonds. The number of carbonyl (C=O) groups excluding carboxylic acids is 1. The zero-order valence-corrected chi connectivity index (χ0v) is 9.04. The largest absolute Gasteiger partial charge is 0.512 e. The topological polar surface area (TPSA) is 37.3 Å². The molecule has 0 aromatic heterocycles. The van der Waals surface area contributed by atoms with Crippen molar-refractivity contribution in [2.45, 2.75) is 44.9 Å². The second kappa shape index (κ2) is 6.59. The van der Waals surface area contributed by atoms with Gasteiger partial charge in [-0.3, -0.25) is 9.18 Å². The van der Waals surface area contributed by atoms with Crippen LogP contribution in [0, 0.1) is 5.92 Å². The predicted molar refractivity (Wildman–Crippen MR) is 57.5 cm³/mol. The highest BCUT2D eigenvalue weighted by atomic mass is 19.1. The van der Waals surface area contributed by atoms with Crippen LogP contribution in [0.3, 0.4) is 0 Å². The molecule has 1 fully saturated rings. The molecule has 0 atom stereocenters. The van der Waals surface area contributed by atoms with Crippen molar-refractivity contribution in [1.82, 2.24) is 0 Å². The van der Waals surface area contributed by atoms with E-state index in [1.165, 1.54) is 12.5 Å². The van der Waals surface area contributed by atoms with E-state index in [-0.39, 0.29) is 30.3 Å². The van der Waals surface area contributed by atoms with Crippen LogP contribution in [0.2, 0.25) is 0 Å². The highest BCUT2D eigenvalue weighted by Gasteiger charge is 2.17. The van der Waals surface area contributed by atoms with Crippen molar-refractivity contribution in [3.8, 4) is 0 Å². The van der Waals surface area contributed by atoms with Gasteiger partial charge in [-0.2, -0.15) is 0 Å². The van der Waals surface area contributed by atoms with Crippen molar-refractivity contribution in [3.05, 3.63) is 11.8 Å². The number of hydrogen-bond acceptors (Lipinski definition) is 2. The van der Waals surface area contributed by atoms with Gasteiger partial charge in [-0.15, -0.1) is 0 Å². The Labute approximate surface area is 90.2 Å². The first-order valence-electron chi connectivity index (χ1n) is 5.73. The number of ketones is 1. The van der Waals surface area contributed by atoms with Gasteiger partial charge in [0.25, 0.3) is 0 Å². The summed E-state index contributed by atoms with van der Waals surface area (Å²) in [5.74, 6) is 0.211. The van der Waals surface area contributed by atoms with Crippen LogP contribution in [-0.4, -0.2) is 17.6 Å². The van der Waals surface area contributed by atoms with Crippen LogP contribution in [-0.2, 0) is 4.79 Å². The highest BCUT2D eigenvalue weighted by molar-refractivity contribution is 5.89.